The van der Waals surface area contributed by atoms with Crippen molar-refractivity contribution in [2.45, 2.75) is 26.2 Å². The minimum absolute atomic E-state index is 0.344. The van der Waals surface area contributed by atoms with E-state index in [0.717, 1.165) is 19.3 Å². The van der Waals surface area contributed by atoms with Crippen LogP contribution in [-0.2, 0) is 12.8 Å². The number of para-hydroxylation sites is 1. The molecule has 2 N–H and O–H groups in total. The highest BCUT2D eigenvalue weighted by atomic mass is 16.4. The Labute approximate surface area is 129 Å². The van der Waals surface area contributed by atoms with Crippen LogP contribution in [0.15, 0.2) is 48.5 Å². The Kier molecular flexibility index (Phi) is 3.96. The van der Waals surface area contributed by atoms with Crippen LogP contribution in [0.5, 0.6) is 0 Å². The van der Waals surface area contributed by atoms with Crippen molar-refractivity contribution in [3.8, 4) is 0 Å². The van der Waals surface area contributed by atoms with Crippen LogP contribution in [0.2, 0.25) is 0 Å². The van der Waals surface area contributed by atoms with Gasteiger partial charge in [-0.25, -0.2) is 4.79 Å². The Morgan fingerprint density at radius 3 is 2.50 bits per heavy atom. The first-order chi connectivity index (χ1) is 10.6. The molecule has 3 aromatic rings. The van der Waals surface area contributed by atoms with Gasteiger partial charge in [-0.1, -0.05) is 30.3 Å². The Morgan fingerprint density at radius 2 is 1.77 bits per heavy atom. The molecule has 22 heavy (non-hydrogen) atoms. The molecule has 0 fully saturated rings. The smallest absolute Gasteiger partial charge is 0.335 e. The third kappa shape index (κ3) is 2.89. The zero-order valence-electron chi connectivity index (χ0n) is 12.6. The average molecular weight is 293 g/mol. The number of hydrogen-bond acceptors (Lipinski definition) is 1. The molecule has 0 aliphatic rings. The summed E-state index contributed by atoms with van der Waals surface area (Å²) in [5.74, 6) is -0.874. The van der Waals surface area contributed by atoms with E-state index in [0.29, 0.717) is 5.56 Å². The van der Waals surface area contributed by atoms with Crippen LogP contribution >= 0.6 is 0 Å². The van der Waals surface area contributed by atoms with Crippen molar-refractivity contribution in [3.05, 3.63) is 70.9 Å². The van der Waals surface area contributed by atoms with Crippen molar-refractivity contribution < 1.29 is 9.90 Å². The Bertz CT molecular complexity index is 800. The van der Waals surface area contributed by atoms with Gasteiger partial charge in [-0.2, -0.15) is 0 Å². The van der Waals surface area contributed by atoms with E-state index in [-0.39, 0.29) is 0 Å². The van der Waals surface area contributed by atoms with Gasteiger partial charge >= 0.3 is 5.97 Å². The monoisotopic (exact) mass is 293 g/mol. The third-order valence-electron chi connectivity index (χ3n) is 4.12. The van der Waals surface area contributed by atoms with E-state index in [1.165, 1.54) is 27.7 Å². The van der Waals surface area contributed by atoms with Gasteiger partial charge in [0.25, 0.3) is 0 Å². The number of H-pyrrole nitrogens is 1. The number of carbonyl (C=O) groups is 1. The normalized spacial score (nSPS) is 11.0. The average Bonchev–Trinajstić information content (AvgIpc) is 2.84. The fourth-order valence-electron chi connectivity index (χ4n) is 2.94. The molecule has 0 saturated carbocycles. The van der Waals surface area contributed by atoms with Crippen molar-refractivity contribution in [2.24, 2.45) is 0 Å². The fraction of sp³-hybridized carbons (Fsp3) is 0.211. The number of rotatable bonds is 5. The Balaban J connectivity index is 1.67. The first-order valence-electron chi connectivity index (χ1n) is 7.53. The van der Waals surface area contributed by atoms with E-state index in [1.807, 2.05) is 18.2 Å². The second-order valence-corrected chi connectivity index (χ2v) is 5.63. The van der Waals surface area contributed by atoms with E-state index < -0.39 is 5.97 Å². The van der Waals surface area contributed by atoms with Crippen LogP contribution in [0.1, 0.15) is 33.6 Å². The van der Waals surface area contributed by atoms with Crippen LogP contribution in [0, 0.1) is 6.92 Å². The summed E-state index contributed by atoms with van der Waals surface area (Å²) in [6.45, 7) is 2.12. The lowest BCUT2D eigenvalue weighted by molar-refractivity contribution is 0.0697. The number of fused-ring (bicyclic) bond motifs is 1. The number of aromatic carboxylic acids is 1. The van der Waals surface area contributed by atoms with E-state index in [2.05, 4.69) is 30.1 Å². The molecular formula is C19H19NO2. The SMILES string of the molecule is Cc1[nH]c2ccccc2c1CCCc1ccc(C(=O)O)cc1. The maximum absolute atomic E-state index is 10.8. The van der Waals surface area contributed by atoms with E-state index >= 15 is 0 Å². The van der Waals surface area contributed by atoms with Crippen LogP contribution < -0.4 is 0 Å². The Morgan fingerprint density at radius 1 is 1.05 bits per heavy atom. The van der Waals surface area contributed by atoms with Gasteiger partial charge in [-0.3, -0.25) is 0 Å². The van der Waals surface area contributed by atoms with Crippen LogP contribution in [-0.4, -0.2) is 16.1 Å². The van der Waals surface area contributed by atoms with Crippen LogP contribution in [0.4, 0.5) is 0 Å². The molecule has 0 amide bonds. The van der Waals surface area contributed by atoms with Gasteiger partial charge in [0.2, 0.25) is 0 Å². The highest BCUT2D eigenvalue weighted by molar-refractivity contribution is 5.87. The summed E-state index contributed by atoms with van der Waals surface area (Å²) in [6.07, 6.45) is 3.03. The predicted octanol–water partition coefficient (Wildman–Crippen LogP) is 4.35. The molecule has 0 bridgehead atoms. The molecular weight excluding hydrogens is 274 g/mol. The van der Waals surface area contributed by atoms with Gasteiger partial charge in [-0.05, 0) is 55.5 Å². The molecule has 0 spiro atoms. The molecule has 3 nitrogen and oxygen atoms in total. The molecule has 112 valence electrons. The second-order valence-electron chi connectivity index (χ2n) is 5.63. The quantitative estimate of drug-likeness (QED) is 0.734. The molecule has 0 radical (unpaired) electrons. The number of carboxylic acid groups (broad SMARTS) is 1. The molecule has 0 aliphatic heterocycles. The summed E-state index contributed by atoms with van der Waals surface area (Å²) in [5, 5.41) is 10.2. The molecule has 2 aromatic carbocycles. The summed E-state index contributed by atoms with van der Waals surface area (Å²) in [7, 11) is 0. The number of nitrogens with one attached hydrogen (secondary N) is 1. The summed E-state index contributed by atoms with van der Waals surface area (Å²) < 4.78 is 0. The predicted molar refractivity (Wildman–Crippen MR) is 88.5 cm³/mol. The molecule has 0 aliphatic carbocycles. The van der Waals surface area contributed by atoms with Gasteiger partial charge < -0.3 is 10.1 Å². The second kappa shape index (κ2) is 6.06. The highest BCUT2D eigenvalue weighted by Crippen LogP contribution is 2.23. The summed E-state index contributed by atoms with van der Waals surface area (Å²) in [4.78, 5) is 14.3. The number of aromatic nitrogens is 1. The van der Waals surface area contributed by atoms with Gasteiger partial charge in [0, 0.05) is 16.6 Å². The van der Waals surface area contributed by atoms with Gasteiger partial charge in [0.1, 0.15) is 0 Å². The number of aromatic amines is 1. The standard InChI is InChI=1S/C19H19NO2/c1-13-16(17-6-2-3-8-18(17)20-13)7-4-5-14-9-11-15(12-10-14)19(21)22/h2-3,6,8-12,20H,4-5,7H2,1H3,(H,21,22). The molecule has 0 unspecified atom stereocenters. The molecule has 1 heterocycles. The number of aryl methyl sites for hydroxylation is 3. The zero-order chi connectivity index (χ0) is 15.5. The van der Waals surface area contributed by atoms with E-state index in [1.54, 1.807) is 12.1 Å². The number of benzene rings is 2. The maximum atomic E-state index is 10.8. The summed E-state index contributed by atoms with van der Waals surface area (Å²) >= 11 is 0. The first-order valence-corrected chi connectivity index (χ1v) is 7.53. The summed E-state index contributed by atoms with van der Waals surface area (Å²) in [6, 6.07) is 15.6. The molecule has 1 aromatic heterocycles. The lowest BCUT2D eigenvalue weighted by Gasteiger charge is -2.04. The van der Waals surface area contributed by atoms with Crippen LogP contribution in [0.25, 0.3) is 10.9 Å². The minimum atomic E-state index is -0.874. The lowest BCUT2D eigenvalue weighted by Crippen LogP contribution is -1.96. The molecule has 0 atom stereocenters. The van der Waals surface area contributed by atoms with Crippen molar-refractivity contribution in [1.29, 1.82) is 0 Å². The van der Waals surface area contributed by atoms with E-state index in [9.17, 15) is 4.79 Å². The van der Waals surface area contributed by atoms with Gasteiger partial charge in [-0.15, -0.1) is 0 Å². The lowest BCUT2D eigenvalue weighted by atomic mass is 10.0. The minimum Gasteiger partial charge on any atom is -0.478 e. The fourth-order valence-corrected chi connectivity index (χ4v) is 2.94. The van der Waals surface area contributed by atoms with Gasteiger partial charge in [0.05, 0.1) is 5.56 Å². The number of carboxylic acids is 1. The number of hydrogen-bond donors (Lipinski definition) is 2. The molecule has 3 rings (SSSR count). The molecule has 0 saturated heterocycles. The Hall–Kier alpha value is -2.55. The van der Waals surface area contributed by atoms with Crippen molar-refractivity contribution in [2.75, 3.05) is 0 Å². The zero-order valence-corrected chi connectivity index (χ0v) is 12.6. The van der Waals surface area contributed by atoms with Crippen molar-refractivity contribution >= 4 is 16.9 Å². The van der Waals surface area contributed by atoms with E-state index in [4.69, 9.17) is 5.11 Å². The topological polar surface area (TPSA) is 53.1 Å². The van der Waals surface area contributed by atoms with Gasteiger partial charge in [0.15, 0.2) is 0 Å². The largest absolute Gasteiger partial charge is 0.478 e. The highest BCUT2D eigenvalue weighted by Gasteiger charge is 2.08. The van der Waals surface area contributed by atoms with Crippen molar-refractivity contribution in [3.63, 3.8) is 0 Å². The maximum Gasteiger partial charge on any atom is 0.335 e. The van der Waals surface area contributed by atoms with Crippen molar-refractivity contribution in [1.82, 2.24) is 4.98 Å². The summed E-state index contributed by atoms with van der Waals surface area (Å²) in [5.41, 5.74) is 5.35. The van der Waals surface area contributed by atoms with Crippen LogP contribution in [0.3, 0.4) is 0 Å². The first kappa shape index (κ1) is 14.4. The molecule has 3 heteroatoms. The third-order valence-corrected chi connectivity index (χ3v) is 4.12.